The third-order valence-corrected chi connectivity index (χ3v) is 15.3. The molecule has 0 amide bonds. The van der Waals surface area contributed by atoms with E-state index < -0.39 is 14.4 Å². The second-order valence-corrected chi connectivity index (χ2v) is 26.3. The van der Waals surface area contributed by atoms with Gasteiger partial charge in [-0.3, -0.25) is 0 Å². The fourth-order valence-electron chi connectivity index (χ4n) is 8.35. The van der Waals surface area contributed by atoms with Crippen LogP contribution >= 0.6 is 15.9 Å². The van der Waals surface area contributed by atoms with Gasteiger partial charge in [0.25, 0.3) is 0 Å². The van der Waals surface area contributed by atoms with Gasteiger partial charge >= 0.3 is 14.4 Å². The molecule has 0 aliphatic carbocycles. The monoisotopic (exact) mass is 971 g/mol. The summed E-state index contributed by atoms with van der Waals surface area (Å²) in [7, 11) is -0.924. The van der Waals surface area contributed by atoms with Crippen molar-refractivity contribution in [2.75, 3.05) is 0 Å². The summed E-state index contributed by atoms with van der Waals surface area (Å²) < 4.78 is 31.1. The van der Waals surface area contributed by atoms with E-state index in [1.807, 2.05) is 41.5 Å². The molecule has 360 valence electrons. The minimum Gasteiger partial charge on any atom is -0.399 e. The van der Waals surface area contributed by atoms with Gasteiger partial charge in [-0.2, -0.15) is 0 Å². The summed E-state index contributed by atoms with van der Waals surface area (Å²) in [6.45, 7) is 47.7. The quantitative estimate of drug-likeness (QED) is 0.131. The van der Waals surface area contributed by atoms with E-state index in [0.717, 1.165) is 5.46 Å². The maximum atomic E-state index is 6.60. The number of fused-ring (bicyclic) bond motifs is 4. The molecular formula is C59H81B2BrO5. The Kier molecular flexibility index (Phi) is 14.4. The zero-order chi connectivity index (χ0) is 50.2. The van der Waals surface area contributed by atoms with E-state index in [2.05, 4.69) is 212 Å². The van der Waals surface area contributed by atoms with E-state index in [0.29, 0.717) is 0 Å². The fourth-order valence-corrected chi connectivity index (χ4v) is 9.03. The standard InChI is InChI=1S/C28H37BO2.C22H25Br.C9H19BO3/c1-25(2,3)20-13-11-18-15-19-12-14-21(26(4,5)6)17-23(19)24(22(18)16-20)29-30-27(7,8)28(9,10)31-29;1-21(2,3)16-9-7-14-11-15-8-10-17(22(4,5)6)13-19(15)20(23)18(14)12-16;1-7(2)11-10-12-8(3,4)9(5,6)13-10/h11-17H,1-10H3;7-13H,1-6H3;7H,1-6H3. The van der Waals surface area contributed by atoms with Crippen molar-refractivity contribution in [3.63, 3.8) is 0 Å². The van der Waals surface area contributed by atoms with Gasteiger partial charge in [0.05, 0.1) is 22.4 Å². The molecule has 2 aliphatic heterocycles. The number of hydrogen-bond donors (Lipinski definition) is 0. The van der Waals surface area contributed by atoms with E-state index in [4.69, 9.17) is 23.3 Å². The lowest BCUT2D eigenvalue weighted by Gasteiger charge is -2.32. The van der Waals surface area contributed by atoms with E-state index in [1.165, 1.54) is 69.8 Å². The second-order valence-electron chi connectivity index (χ2n) is 25.5. The van der Waals surface area contributed by atoms with Crippen LogP contribution in [-0.2, 0) is 44.9 Å². The van der Waals surface area contributed by atoms with Crippen LogP contribution in [0.4, 0.5) is 0 Å². The minimum absolute atomic E-state index is 0.0730. The SMILES string of the molecule is CC(C)(C)c1ccc2cc3ccc(C(C)(C)C)cc3c(B3OC(C)(C)C(C)(C)O3)c2c1.CC(C)(C)c1ccc2cc3ccc(C(C)(C)C)cc3c(Br)c2c1.CC(C)OB1OC(C)(C)C(C)(C)O1. The molecule has 0 unspecified atom stereocenters. The molecule has 0 aromatic heterocycles. The Morgan fingerprint density at radius 3 is 0.970 bits per heavy atom. The van der Waals surface area contributed by atoms with Crippen molar-refractivity contribution < 1.29 is 23.3 Å². The molecule has 2 aliphatic rings. The Morgan fingerprint density at radius 1 is 0.418 bits per heavy atom. The summed E-state index contributed by atoms with van der Waals surface area (Å²) in [5, 5.41) is 10.1. The van der Waals surface area contributed by atoms with Gasteiger partial charge in [0.1, 0.15) is 0 Å². The average Bonchev–Trinajstić information content (AvgIpc) is 3.52. The molecule has 0 bridgehead atoms. The molecular weight excluding hydrogens is 890 g/mol. The van der Waals surface area contributed by atoms with Gasteiger partial charge in [0, 0.05) is 10.6 Å². The number of rotatable bonds is 3. The van der Waals surface area contributed by atoms with Gasteiger partial charge in [0.2, 0.25) is 0 Å². The van der Waals surface area contributed by atoms with Crippen molar-refractivity contribution in [3.05, 3.63) is 112 Å². The molecule has 0 saturated carbocycles. The minimum atomic E-state index is -0.523. The first-order valence-corrected chi connectivity index (χ1v) is 25.3. The Labute approximate surface area is 414 Å². The molecule has 0 atom stereocenters. The Bertz CT molecular complexity index is 2600. The van der Waals surface area contributed by atoms with Crippen LogP contribution in [0.2, 0.25) is 0 Å². The summed E-state index contributed by atoms with van der Waals surface area (Å²) in [5.41, 5.74) is 5.66. The predicted molar refractivity (Wildman–Crippen MR) is 293 cm³/mol. The van der Waals surface area contributed by atoms with Crippen LogP contribution in [0, 0.1) is 0 Å². The third kappa shape index (κ3) is 11.4. The van der Waals surface area contributed by atoms with Crippen molar-refractivity contribution in [2.24, 2.45) is 0 Å². The predicted octanol–water partition coefficient (Wildman–Crippen LogP) is 16.2. The van der Waals surface area contributed by atoms with Crippen LogP contribution in [0.3, 0.4) is 0 Å². The Balaban J connectivity index is 0.000000180. The zero-order valence-corrected chi connectivity index (χ0v) is 46.8. The highest BCUT2D eigenvalue weighted by Gasteiger charge is 2.54. The molecule has 8 rings (SSSR count). The van der Waals surface area contributed by atoms with E-state index >= 15 is 0 Å². The average molecular weight is 972 g/mol. The van der Waals surface area contributed by atoms with Crippen molar-refractivity contribution in [2.45, 2.75) is 202 Å². The summed E-state index contributed by atoms with van der Waals surface area (Å²) in [6.07, 6.45) is 0.120. The van der Waals surface area contributed by atoms with E-state index in [1.54, 1.807) is 0 Å². The molecule has 0 radical (unpaired) electrons. The first-order valence-electron chi connectivity index (χ1n) is 24.5. The number of benzene rings is 6. The fraction of sp³-hybridized carbons (Fsp3) is 0.525. The van der Waals surface area contributed by atoms with E-state index in [-0.39, 0.29) is 50.2 Å². The summed E-state index contributed by atoms with van der Waals surface area (Å²) in [4.78, 5) is 0. The summed E-state index contributed by atoms with van der Waals surface area (Å²) in [5.74, 6) is 0. The van der Waals surface area contributed by atoms with Crippen molar-refractivity contribution in [3.8, 4) is 0 Å². The maximum absolute atomic E-state index is 6.60. The second kappa shape index (κ2) is 18.2. The summed E-state index contributed by atoms with van der Waals surface area (Å²) in [6, 6.07) is 32.0. The van der Waals surface area contributed by atoms with Gasteiger partial charge in [-0.05, 0) is 202 Å². The van der Waals surface area contributed by atoms with Crippen LogP contribution in [-0.4, -0.2) is 42.9 Å². The summed E-state index contributed by atoms with van der Waals surface area (Å²) >= 11 is 3.88. The highest BCUT2D eigenvalue weighted by molar-refractivity contribution is 9.10. The van der Waals surface area contributed by atoms with Gasteiger partial charge in [0.15, 0.2) is 0 Å². The number of hydrogen-bond acceptors (Lipinski definition) is 5. The van der Waals surface area contributed by atoms with Crippen LogP contribution in [0.1, 0.15) is 175 Å². The topological polar surface area (TPSA) is 46.2 Å². The molecule has 0 spiro atoms. The highest BCUT2D eigenvalue weighted by atomic mass is 79.9. The van der Waals surface area contributed by atoms with Crippen molar-refractivity contribution >= 4 is 78.9 Å². The smallest absolute Gasteiger partial charge is 0.399 e. The van der Waals surface area contributed by atoms with Gasteiger partial charge < -0.3 is 23.3 Å². The van der Waals surface area contributed by atoms with Gasteiger partial charge in [-0.15, -0.1) is 0 Å². The molecule has 67 heavy (non-hydrogen) atoms. The zero-order valence-electron chi connectivity index (χ0n) is 45.2. The molecule has 8 heteroatoms. The molecule has 2 heterocycles. The van der Waals surface area contributed by atoms with Gasteiger partial charge in [-0.25, -0.2) is 0 Å². The first-order chi connectivity index (χ1) is 30.4. The van der Waals surface area contributed by atoms with Gasteiger partial charge in [-0.1, -0.05) is 144 Å². The van der Waals surface area contributed by atoms with Crippen LogP contribution < -0.4 is 5.46 Å². The molecule has 6 aromatic carbocycles. The lowest BCUT2D eigenvalue weighted by molar-refractivity contribution is 0.00578. The van der Waals surface area contributed by atoms with E-state index in [9.17, 15) is 0 Å². The Hall–Kier alpha value is -3.23. The lowest BCUT2D eigenvalue weighted by atomic mass is 9.71. The van der Waals surface area contributed by atoms with Crippen molar-refractivity contribution in [1.29, 1.82) is 0 Å². The molecule has 2 saturated heterocycles. The normalized spacial score (nSPS) is 18.1. The third-order valence-electron chi connectivity index (χ3n) is 14.5. The lowest BCUT2D eigenvalue weighted by Crippen LogP contribution is -2.41. The van der Waals surface area contributed by atoms with Crippen molar-refractivity contribution in [1.82, 2.24) is 0 Å². The first kappa shape index (κ1) is 53.1. The van der Waals surface area contributed by atoms with Crippen LogP contribution in [0.25, 0.3) is 43.1 Å². The maximum Gasteiger partial charge on any atom is 0.640 e. The molecule has 2 fully saturated rings. The highest BCUT2D eigenvalue weighted by Crippen LogP contribution is 2.41. The molecule has 6 aromatic rings. The molecule has 5 nitrogen and oxygen atoms in total. The Morgan fingerprint density at radius 2 is 0.687 bits per heavy atom. The molecule has 0 N–H and O–H groups in total. The van der Waals surface area contributed by atoms with Crippen LogP contribution in [0.5, 0.6) is 0 Å². The number of halogens is 1. The van der Waals surface area contributed by atoms with Crippen LogP contribution in [0.15, 0.2) is 89.4 Å². The largest absolute Gasteiger partial charge is 0.640 e.